The summed E-state index contributed by atoms with van der Waals surface area (Å²) in [5, 5.41) is 4.53. The van der Waals surface area contributed by atoms with Gasteiger partial charge in [-0.25, -0.2) is 0 Å². The Morgan fingerprint density at radius 2 is 1.71 bits per heavy atom. The van der Waals surface area contributed by atoms with Gasteiger partial charge in [-0.3, -0.25) is 14.5 Å². The van der Waals surface area contributed by atoms with Crippen LogP contribution >= 0.6 is 0 Å². The molecule has 0 saturated carbocycles. The van der Waals surface area contributed by atoms with E-state index in [1.807, 2.05) is 55.5 Å². The predicted octanol–water partition coefficient (Wildman–Crippen LogP) is 3.14. The maximum absolute atomic E-state index is 13.0. The van der Waals surface area contributed by atoms with Gasteiger partial charge in [-0.15, -0.1) is 0 Å². The molecule has 1 aliphatic carbocycles. The number of amides is 1. The summed E-state index contributed by atoms with van der Waals surface area (Å²) in [7, 11) is 0. The van der Waals surface area contributed by atoms with E-state index in [0.29, 0.717) is 25.2 Å². The van der Waals surface area contributed by atoms with Gasteiger partial charge in [0, 0.05) is 18.2 Å². The second-order valence-electron chi connectivity index (χ2n) is 6.24. The number of aromatic nitrogens is 2. The number of anilines is 1. The number of hydrogen-bond donors (Lipinski definition) is 0. The van der Waals surface area contributed by atoms with E-state index < -0.39 is 0 Å². The van der Waals surface area contributed by atoms with E-state index in [1.54, 1.807) is 4.90 Å². The summed E-state index contributed by atoms with van der Waals surface area (Å²) < 4.78 is 1.44. The molecule has 0 fully saturated rings. The van der Waals surface area contributed by atoms with E-state index in [2.05, 4.69) is 5.10 Å². The lowest BCUT2D eigenvalue weighted by atomic mass is 9.82. The van der Waals surface area contributed by atoms with Crippen LogP contribution in [-0.4, -0.2) is 28.1 Å². The first kappa shape index (κ1) is 14.9. The fourth-order valence-electron chi connectivity index (χ4n) is 3.62. The van der Waals surface area contributed by atoms with Crippen LogP contribution in [0.15, 0.2) is 48.6 Å². The van der Waals surface area contributed by atoms with E-state index in [0.717, 1.165) is 11.3 Å². The summed E-state index contributed by atoms with van der Waals surface area (Å²) in [6, 6.07) is 11.6. The molecule has 2 aromatic rings. The average molecular weight is 321 g/mol. The van der Waals surface area contributed by atoms with E-state index >= 15 is 0 Å². The highest BCUT2D eigenvalue weighted by molar-refractivity contribution is 6.03. The molecule has 0 radical (unpaired) electrons. The first-order chi connectivity index (χ1) is 11.7. The summed E-state index contributed by atoms with van der Waals surface area (Å²) in [6.45, 7) is 2.46. The minimum atomic E-state index is -0.318. The van der Waals surface area contributed by atoms with Crippen LogP contribution in [0.5, 0.6) is 0 Å². The monoisotopic (exact) mass is 321 g/mol. The molecule has 0 spiro atoms. The van der Waals surface area contributed by atoms with Gasteiger partial charge in [-0.2, -0.15) is 9.78 Å². The lowest BCUT2D eigenvalue weighted by Crippen LogP contribution is -2.39. The Kier molecular flexibility index (Phi) is 3.56. The third kappa shape index (κ3) is 2.19. The van der Waals surface area contributed by atoms with Crippen LogP contribution in [0, 0.1) is 11.8 Å². The molecule has 1 aromatic heterocycles. The highest BCUT2D eigenvalue weighted by Gasteiger charge is 2.42. The molecule has 1 aliphatic heterocycles. The quantitative estimate of drug-likeness (QED) is 0.799. The van der Waals surface area contributed by atoms with Crippen molar-refractivity contribution in [2.75, 3.05) is 11.4 Å². The van der Waals surface area contributed by atoms with Crippen molar-refractivity contribution < 1.29 is 9.59 Å². The second kappa shape index (κ2) is 5.74. The molecule has 24 heavy (non-hydrogen) atoms. The zero-order chi connectivity index (χ0) is 16.7. The third-order valence-electron chi connectivity index (χ3n) is 4.89. The van der Waals surface area contributed by atoms with Crippen molar-refractivity contribution in [3.63, 3.8) is 0 Å². The highest BCUT2D eigenvalue weighted by Crippen LogP contribution is 2.36. The molecule has 122 valence electrons. The number of carbonyl (C=O) groups excluding carboxylic acids is 2. The Balaban J connectivity index is 1.85. The predicted molar refractivity (Wildman–Crippen MR) is 91.7 cm³/mol. The van der Waals surface area contributed by atoms with Gasteiger partial charge >= 0.3 is 0 Å². The van der Waals surface area contributed by atoms with E-state index in [9.17, 15) is 9.59 Å². The van der Waals surface area contributed by atoms with Gasteiger partial charge in [0.1, 0.15) is 5.82 Å². The van der Waals surface area contributed by atoms with Gasteiger partial charge in [-0.05, 0) is 19.8 Å². The molecule has 1 amide bonds. The lowest BCUT2D eigenvalue weighted by Gasteiger charge is -2.26. The first-order valence-corrected chi connectivity index (χ1v) is 8.36. The SMILES string of the molecule is CCN1C(=O)C2CC=CCC2C(=O)n2nc(-c3ccccc3)cc21. The number of benzene rings is 1. The van der Waals surface area contributed by atoms with Gasteiger partial charge in [-0.1, -0.05) is 42.5 Å². The summed E-state index contributed by atoms with van der Waals surface area (Å²) >= 11 is 0. The van der Waals surface area contributed by atoms with Crippen molar-refractivity contribution in [3.05, 3.63) is 48.6 Å². The molecule has 5 nitrogen and oxygen atoms in total. The minimum absolute atomic E-state index is 0.0264. The molecule has 0 bridgehead atoms. The van der Waals surface area contributed by atoms with Crippen LogP contribution in [0.3, 0.4) is 0 Å². The van der Waals surface area contributed by atoms with Crippen LogP contribution in [0.2, 0.25) is 0 Å². The maximum Gasteiger partial charge on any atom is 0.253 e. The van der Waals surface area contributed by atoms with Crippen molar-refractivity contribution in [1.29, 1.82) is 0 Å². The molecule has 1 aromatic carbocycles. The van der Waals surface area contributed by atoms with Crippen molar-refractivity contribution >= 4 is 17.6 Å². The topological polar surface area (TPSA) is 55.2 Å². The molecule has 2 atom stereocenters. The molecule has 2 unspecified atom stereocenters. The Bertz CT molecular complexity index is 822. The number of allylic oxidation sites excluding steroid dienone is 2. The van der Waals surface area contributed by atoms with Crippen molar-refractivity contribution in [3.8, 4) is 11.3 Å². The van der Waals surface area contributed by atoms with E-state index in [1.165, 1.54) is 4.68 Å². The molecule has 0 N–H and O–H groups in total. The standard InChI is InChI=1S/C19H19N3O2/c1-2-21-17-12-16(13-8-4-3-5-9-13)20-22(17)19(24)15-11-7-6-10-14(15)18(21)23/h3-9,12,14-15H,2,10-11H2,1H3. The number of rotatable bonds is 2. The van der Waals surface area contributed by atoms with Gasteiger partial charge in [0.05, 0.1) is 17.5 Å². The van der Waals surface area contributed by atoms with Crippen molar-refractivity contribution in [2.45, 2.75) is 19.8 Å². The summed E-state index contributed by atoms with van der Waals surface area (Å²) in [4.78, 5) is 27.7. The maximum atomic E-state index is 13.0. The number of carbonyl (C=O) groups is 2. The number of nitrogens with zero attached hydrogens (tertiary/aromatic N) is 3. The molecule has 2 heterocycles. The van der Waals surface area contributed by atoms with E-state index in [-0.39, 0.29) is 23.7 Å². The smallest absolute Gasteiger partial charge is 0.253 e. The second-order valence-corrected chi connectivity index (χ2v) is 6.24. The van der Waals surface area contributed by atoms with Crippen LogP contribution in [0.25, 0.3) is 11.3 Å². The van der Waals surface area contributed by atoms with Crippen LogP contribution < -0.4 is 4.90 Å². The molecular formula is C19H19N3O2. The summed E-state index contributed by atoms with van der Waals surface area (Å²) in [5.74, 6) is -0.0595. The zero-order valence-electron chi connectivity index (χ0n) is 13.6. The molecule has 2 aliphatic rings. The van der Waals surface area contributed by atoms with Crippen LogP contribution in [0.1, 0.15) is 24.6 Å². The fourth-order valence-corrected chi connectivity index (χ4v) is 3.62. The van der Waals surface area contributed by atoms with Crippen molar-refractivity contribution in [1.82, 2.24) is 9.78 Å². The Morgan fingerprint density at radius 1 is 1.04 bits per heavy atom. The summed E-state index contributed by atoms with van der Waals surface area (Å²) in [6.07, 6.45) is 5.23. The van der Waals surface area contributed by atoms with Gasteiger partial charge in [0.15, 0.2) is 0 Å². The first-order valence-electron chi connectivity index (χ1n) is 8.36. The summed E-state index contributed by atoms with van der Waals surface area (Å²) in [5.41, 5.74) is 1.66. The number of hydrogen-bond acceptors (Lipinski definition) is 3. The van der Waals surface area contributed by atoms with Gasteiger partial charge < -0.3 is 0 Å². The molecule has 5 heteroatoms. The van der Waals surface area contributed by atoms with Crippen molar-refractivity contribution in [2.24, 2.45) is 11.8 Å². The third-order valence-corrected chi connectivity index (χ3v) is 4.89. The average Bonchev–Trinajstić information content (AvgIpc) is 3.04. The fraction of sp³-hybridized carbons (Fsp3) is 0.316. The molecule has 0 saturated heterocycles. The van der Waals surface area contributed by atoms with Gasteiger partial charge in [0.25, 0.3) is 5.91 Å². The largest absolute Gasteiger partial charge is 0.297 e. The molecule has 4 rings (SSSR count). The van der Waals surface area contributed by atoms with Gasteiger partial charge in [0.2, 0.25) is 5.91 Å². The normalized spacial score (nSPS) is 23.0. The Labute approximate surface area is 140 Å². The lowest BCUT2D eigenvalue weighted by molar-refractivity contribution is -0.123. The minimum Gasteiger partial charge on any atom is -0.297 e. The Hall–Kier alpha value is -2.69. The Morgan fingerprint density at radius 3 is 2.38 bits per heavy atom. The highest BCUT2D eigenvalue weighted by atomic mass is 16.2. The zero-order valence-corrected chi connectivity index (χ0v) is 13.6. The van der Waals surface area contributed by atoms with Crippen LogP contribution in [-0.2, 0) is 4.79 Å². The molecular weight excluding hydrogens is 302 g/mol. The number of fused-ring (bicyclic) bond motifs is 2. The van der Waals surface area contributed by atoms with E-state index in [4.69, 9.17) is 0 Å². The van der Waals surface area contributed by atoms with Crippen LogP contribution in [0.4, 0.5) is 5.82 Å².